The molecule has 3 fully saturated rings. The highest BCUT2D eigenvalue weighted by molar-refractivity contribution is 6.34. The Balaban J connectivity index is 1.47. The van der Waals surface area contributed by atoms with Crippen LogP contribution in [0.2, 0.25) is 5.02 Å². The third-order valence-electron chi connectivity index (χ3n) is 9.87. The van der Waals surface area contributed by atoms with Crippen molar-refractivity contribution in [1.29, 1.82) is 0 Å². The Morgan fingerprint density at radius 3 is 2.55 bits per heavy atom. The predicted octanol–water partition coefficient (Wildman–Crippen LogP) is 5.15. The van der Waals surface area contributed by atoms with E-state index < -0.39 is 47.7 Å². The van der Waals surface area contributed by atoms with Gasteiger partial charge in [0.1, 0.15) is 17.7 Å². The van der Waals surface area contributed by atoms with Gasteiger partial charge in [-0.15, -0.1) is 13.2 Å². The number of carbonyl (C=O) groups excluding carboxylic acids is 4. The van der Waals surface area contributed by atoms with E-state index in [1.807, 2.05) is 30.3 Å². The lowest BCUT2D eigenvalue weighted by atomic mass is 9.70. The van der Waals surface area contributed by atoms with Crippen molar-refractivity contribution >= 4 is 41.0 Å². The van der Waals surface area contributed by atoms with E-state index in [1.54, 1.807) is 48.2 Å². The first-order valence-electron chi connectivity index (χ1n) is 17.1. The van der Waals surface area contributed by atoms with Gasteiger partial charge < -0.3 is 29.7 Å². The average molecular weight is 692 g/mol. The average Bonchev–Trinajstić information content (AvgIpc) is 3.74. The summed E-state index contributed by atoms with van der Waals surface area (Å²) in [6.07, 6.45) is 5.27. The molecule has 2 bridgehead atoms. The molecule has 5 rings (SSSR count). The number of halogens is 1. The fourth-order valence-electron chi connectivity index (χ4n) is 7.71. The van der Waals surface area contributed by atoms with Crippen molar-refractivity contribution in [2.75, 3.05) is 24.6 Å². The zero-order valence-electron chi connectivity index (χ0n) is 28.0. The molecule has 0 unspecified atom stereocenters. The Morgan fingerprint density at radius 1 is 1.12 bits per heavy atom. The molecule has 0 aliphatic carbocycles. The van der Waals surface area contributed by atoms with Gasteiger partial charge in [0.25, 0.3) is 5.91 Å². The zero-order valence-corrected chi connectivity index (χ0v) is 28.7. The quantitative estimate of drug-likeness (QED) is 0.134. The molecule has 3 heterocycles. The summed E-state index contributed by atoms with van der Waals surface area (Å²) in [5.41, 5.74) is -0.0605. The summed E-state index contributed by atoms with van der Waals surface area (Å²) in [6.45, 7) is 9.74. The predicted molar refractivity (Wildman–Crippen MR) is 187 cm³/mol. The number of amides is 3. The van der Waals surface area contributed by atoms with E-state index >= 15 is 0 Å². The molecule has 2 aromatic rings. The molecular weight excluding hydrogens is 646 g/mol. The standard InChI is InChI=1S/C38H46ClN3O7/c1-4-6-19-30(44)40-25(3)33(26-15-9-7-10-16-26)48-37(47)31-29-20-21-38(49-29)32(31)35(45)42(23-13-8-14-24-43)34(38)36(46)41(22-5-2)28-18-12-11-17-27(28)39/h4-5,7,9-12,15-18,25,29,31-34,43H,1-2,6,8,13-14,19-24H2,3H3,(H,40,44)/t25-,29-,31+,32+,33-,34-,38+/m0/s1. The van der Waals surface area contributed by atoms with E-state index in [-0.39, 0.29) is 43.8 Å². The first-order valence-corrected chi connectivity index (χ1v) is 17.5. The van der Waals surface area contributed by atoms with Crippen molar-refractivity contribution in [3.63, 3.8) is 0 Å². The van der Waals surface area contributed by atoms with Gasteiger partial charge in [-0.3, -0.25) is 19.2 Å². The van der Waals surface area contributed by atoms with Gasteiger partial charge in [0.05, 0.1) is 34.7 Å². The number of hydrogen-bond donors (Lipinski definition) is 2. The minimum Gasteiger partial charge on any atom is -0.455 e. The van der Waals surface area contributed by atoms with Gasteiger partial charge in [-0.1, -0.05) is 66.2 Å². The van der Waals surface area contributed by atoms with Gasteiger partial charge in [-0.05, 0) is 63.1 Å². The van der Waals surface area contributed by atoms with Crippen LogP contribution in [0, 0.1) is 11.8 Å². The number of unbranched alkanes of at least 4 members (excludes halogenated alkanes) is 2. The van der Waals surface area contributed by atoms with Crippen molar-refractivity contribution in [2.45, 2.75) is 81.8 Å². The largest absolute Gasteiger partial charge is 0.455 e. The maximum Gasteiger partial charge on any atom is 0.313 e. The van der Waals surface area contributed by atoms with E-state index in [4.69, 9.17) is 21.1 Å². The van der Waals surface area contributed by atoms with Gasteiger partial charge >= 0.3 is 5.97 Å². The highest BCUT2D eigenvalue weighted by Crippen LogP contribution is 2.59. The number of hydrogen-bond acceptors (Lipinski definition) is 7. The number of fused-ring (bicyclic) bond motifs is 1. The smallest absolute Gasteiger partial charge is 0.313 e. The Hall–Kier alpha value is -3.99. The van der Waals surface area contributed by atoms with Crippen LogP contribution in [0.25, 0.3) is 0 Å². The van der Waals surface area contributed by atoms with Crippen molar-refractivity contribution < 1.29 is 33.8 Å². The molecule has 1 spiro atoms. The molecule has 3 saturated heterocycles. The number of esters is 1. The molecule has 262 valence electrons. The van der Waals surface area contributed by atoms with Crippen molar-refractivity contribution in [3.05, 3.63) is 90.5 Å². The number of nitrogens with zero attached hydrogens (tertiary/aromatic N) is 2. The van der Waals surface area contributed by atoms with Gasteiger partial charge in [0.2, 0.25) is 11.8 Å². The summed E-state index contributed by atoms with van der Waals surface area (Å²) in [5, 5.41) is 12.7. The minimum atomic E-state index is -1.24. The molecule has 2 N–H and O–H groups in total. The van der Waals surface area contributed by atoms with Gasteiger partial charge in [-0.2, -0.15) is 0 Å². The van der Waals surface area contributed by atoms with Crippen molar-refractivity contribution in [3.8, 4) is 0 Å². The van der Waals surface area contributed by atoms with E-state index in [0.717, 1.165) is 0 Å². The molecule has 49 heavy (non-hydrogen) atoms. The number of anilines is 1. The number of aliphatic hydroxyl groups excluding tert-OH is 1. The molecule has 2 aromatic carbocycles. The molecule has 0 aromatic heterocycles. The molecule has 0 radical (unpaired) electrons. The summed E-state index contributed by atoms with van der Waals surface area (Å²) in [4.78, 5) is 59.2. The van der Waals surface area contributed by atoms with E-state index in [1.165, 1.54) is 4.90 Å². The Labute approximate surface area is 293 Å². The first-order chi connectivity index (χ1) is 23.7. The normalized spacial score (nSPS) is 25.0. The summed E-state index contributed by atoms with van der Waals surface area (Å²) in [5.74, 6) is -3.37. The number of likely N-dealkylation sites (tertiary alicyclic amines) is 1. The minimum absolute atomic E-state index is 0.0247. The molecule has 3 aliphatic rings. The third-order valence-corrected chi connectivity index (χ3v) is 10.2. The number of nitrogens with one attached hydrogen (secondary N) is 1. The van der Waals surface area contributed by atoms with E-state index in [9.17, 15) is 24.3 Å². The molecule has 3 aliphatic heterocycles. The second kappa shape index (κ2) is 16.1. The lowest BCUT2D eigenvalue weighted by Crippen LogP contribution is -2.56. The summed E-state index contributed by atoms with van der Waals surface area (Å²) in [7, 11) is 0. The summed E-state index contributed by atoms with van der Waals surface area (Å²) >= 11 is 6.57. The van der Waals surface area contributed by atoms with Crippen LogP contribution < -0.4 is 10.2 Å². The van der Waals surface area contributed by atoms with Gasteiger partial charge in [0.15, 0.2) is 0 Å². The second-order valence-electron chi connectivity index (χ2n) is 13.0. The Kier molecular flexibility index (Phi) is 12.0. The van der Waals surface area contributed by atoms with Crippen molar-refractivity contribution in [1.82, 2.24) is 10.2 Å². The SMILES string of the molecule is C=CCCC(=O)N[C@@H](C)[C@H](OC(=O)[C@@H]1[C@@H]2CC[C@]3(O2)[C@H](C(=O)N(CC=C)c2ccccc2Cl)N(CCCCCO)C(=O)[C@@H]13)c1ccccc1. The number of rotatable bonds is 17. The number of aliphatic hydroxyl groups is 1. The molecule has 0 saturated carbocycles. The van der Waals surface area contributed by atoms with Crippen LogP contribution in [0.15, 0.2) is 79.9 Å². The fourth-order valence-corrected chi connectivity index (χ4v) is 7.94. The van der Waals surface area contributed by atoms with Crippen molar-refractivity contribution in [2.24, 2.45) is 11.8 Å². The number of benzene rings is 2. The Bertz CT molecular complexity index is 1540. The van der Waals surface area contributed by atoms with Crippen LogP contribution in [-0.2, 0) is 28.7 Å². The topological polar surface area (TPSA) is 125 Å². The maximum atomic E-state index is 14.7. The first kappa shape index (κ1) is 36.3. The van der Waals surface area contributed by atoms with E-state index in [0.29, 0.717) is 54.8 Å². The van der Waals surface area contributed by atoms with Gasteiger partial charge in [-0.25, -0.2) is 0 Å². The molecular formula is C38H46ClN3O7. The highest BCUT2D eigenvalue weighted by atomic mass is 35.5. The van der Waals surface area contributed by atoms with E-state index in [2.05, 4.69) is 18.5 Å². The lowest BCUT2D eigenvalue weighted by molar-refractivity contribution is -0.162. The Morgan fingerprint density at radius 2 is 1.86 bits per heavy atom. The third kappa shape index (κ3) is 7.32. The number of para-hydroxylation sites is 1. The van der Waals surface area contributed by atoms with Crippen LogP contribution in [0.4, 0.5) is 5.69 Å². The fraction of sp³-hybridized carbons (Fsp3) is 0.474. The summed E-state index contributed by atoms with van der Waals surface area (Å²) in [6, 6.07) is 14.6. The lowest BCUT2D eigenvalue weighted by Gasteiger charge is -2.37. The van der Waals surface area contributed by atoms with Crippen LogP contribution >= 0.6 is 11.6 Å². The van der Waals surface area contributed by atoms with Crippen LogP contribution in [-0.4, -0.2) is 77.2 Å². The highest BCUT2D eigenvalue weighted by Gasteiger charge is 2.75. The second-order valence-corrected chi connectivity index (χ2v) is 13.4. The van der Waals surface area contributed by atoms with Crippen LogP contribution in [0.3, 0.4) is 0 Å². The van der Waals surface area contributed by atoms with Crippen LogP contribution in [0.5, 0.6) is 0 Å². The van der Waals surface area contributed by atoms with Crippen LogP contribution in [0.1, 0.15) is 63.5 Å². The zero-order chi connectivity index (χ0) is 35.1. The maximum absolute atomic E-state index is 14.7. The summed E-state index contributed by atoms with van der Waals surface area (Å²) < 4.78 is 12.9. The molecule has 3 amide bonds. The monoisotopic (exact) mass is 691 g/mol. The number of ether oxygens (including phenoxy) is 2. The molecule has 7 atom stereocenters. The van der Waals surface area contributed by atoms with Gasteiger partial charge in [0, 0.05) is 26.1 Å². The number of allylic oxidation sites excluding steroid dienone is 1. The molecule has 11 heteroatoms. The molecule has 10 nitrogen and oxygen atoms in total. The number of carbonyl (C=O) groups is 4.